The lowest BCUT2D eigenvalue weighted by molar-refractivity contribution is 0.584. The van der Waals surface area contributed by atoms with E-state index in [1.165, 1.54) is 6.07 Å². The number of hydrogen-bond acceptors (Lipinski definition) is 2. The van der Waals surface area contributed by atoms with Crippen LogP contribution in [0, 0.1) is 12.7 Å². The minimum Gasteiger partial charge on any atom is -0.378 e. The molecule has 1 aromatic carbocycles. The largest absolute Gasteiger partial charge is 0.378 e. The molecule has 3 rings (SSSR count). The van der Waals surface area contributed by atoms with Crippen molar-refractivity contribution in [1.29, 1.82) is 0 Å². The monoisotopic (exact) mass is 272 g/mol. The molecule has 2 aromatic rings. The summed E-state index contributed by atoms with van der Waals surface area (Å²) in [5, 5.41) is 3.36. The number of pyridine rings is 1. The van der Waals surface area contributed by atoms with Gasteiger partial charge in [0.2, 0.25) is 5.56 Å². The Morgan fingerprint density at radius 2 is 2.15 bits per heavy atom. The van der Waals surface area contributed by atoms with Gasteiger partial charge >= 0.3 is 0 Å². The quantitative estimate of drug-likeness (QED) is 0.881. The van der Waals surface area contributed by atoms with Crippen LogP contribution in [-0.2, 0) is 6.42 Å². The Morgan fingerprint density at radius 1 is 1.30 bits per heavy atom. The Kier molecular flexibility index (Phi) is 3.30. The number of aromatic amines is 1. The zero-order valence-corrected chi connectivity index (χ0v) is 11.4. The standard InChI is InChI=1S/C16H17FN2O/c1-10-5-6-11(9-13(10)17)18-14-3-2-4-15-12(14)7-8-16(20)19-15/h5-9,14,18H,2-4H2,1H3,(H,19,20). The Hall–Kier alpha value is -2.10. The van der Waals surface area contributed by atoms with Gasteiger partial charge in [0.05, 0.1) is 6.04 Å². The van der Waals surface area contributed by atoms with Crippen LogP contribution in [0.4, 0.5) is 10.1 Å². The average Bonchev–Trinajstić information content (AvgIpc) is 2.43. The highest BCUT2D eigenvalue weighted by Crippen LogP contribution is 2.31. The zero-order chi connectivity index (χ0) is 14.1. The third-order valence-corrected chi connectivity index (χ3v) is 3.84. The maximum Gasteiger partial charge on any atom is 0.248 e. The summed E-state index contributed by atoms with van der Waals surface area (Å²) in [6.07, 6.45) is 2.89. The van der Waals surface area contributed by atoms with Crippen LogP contribution >= 0.6 is 0 Å². The van der Waals surface area contributed by atoms with E-state index >= 15 is 0 Å². The first-order valence-corrected chi connectivity index (χ1v) is 6.88. The smallest absolute Gasteiger partial charge is 0.248 e. The number of benzene rings is 1. The molecule has 0 fully saturated rings. The predicted octanol–water partition coefficient (Wildman–Crippen LogP) is 3.31. The minimum absolute atomic E-state index is 0.0641. The highest BCUT2D eigenvalue weighted by molar-refractivity contribution is 5.48. The fourth-order valence-electron chi connectivity index (χ4n) is 2.73. The van der Waals surface area contributed by atoms with Crippen molar-refractivity contribution in [3.63, 3.8) is 0 Å². The van der Waals surface area contributed by atoms with Crippen LogP contribution in [0.1, 0.15) is 35.7 Å². The van der Waals surface area contributed by atoms with E-state index in [9.17, 15) is 9.18 Å². The van der Waals surface area contributed by atoms with Gasteiger partial charge in [0.15, 0.2) is 0 Å². The summed E-state index contributed by atoms with van der Waals surface area (Å²) < 4.78 is 13.6. The number of aryl methyl sites for hydroxylation is 2. The van der Waals surface area contributed by atoms with Gasteiger partial charge in [-0.05, 0) is 55.5 Å². The van der Waals surface area contributed by atoms with E-state index in [-0.39, 0.29) is 17.4 Å². The van der Waals surface area contributed by atoms with Crippen molar-refractivity contribution in [2.75, 3.05) is 5.32 Å². The first-order valence-electron chi connectivity index (χ1n) is 6.88. The third-order valence-electron chi connectivity index (χ3n) is 3.84. The molecule has 3 nitrogen and oxygen atoms in total. The maximum absolute atomic E-state index is 13.6. The summed E-state index contributed by atoms with van der Waals surface area (Å²) in [4.78, 5) is 14.3. The van der Waals surface area contributed by atoms with E-state index < -0.39 is 0 Å². The van der Waals surface area contributed by atoms with Crippen molar-refractivity contribution in [3.8, 4) is 0 Å². The van der Waals surface area contributed by atoms with Gasteiger partial charge in [0.1, 0.15) is 5.82 Å². The first-order chi connectivity index (χ1) is 9.63. The lowest BCUT2D eigenvalue weighted by Gasteiger charge is -2.26. The molecule has 0 radical (unpaired) electrons. The summed E-state index contributed by atoms with van der Waals surface area (Å²) >= 11 is 0. The number of halogens is 1. The lowest BCUT2D eigenvalue weighted by atomic mass is 9.91. The molecular formula is C16H17FN2O. The molecule has 1 atom stereocenters. The van der Waals surface area contributed by atoms with E-state index in [1.807, 2.05) is 12.1 Å². The molecule has 0 aliphatic heterocycles. The van der Waals surface area contributed by atoms with Crippen LogP contribution in [0.25, 0.3) is 0 Å². The van der Waals surface area contributed by atoms with E-state index in [2.05, 4.69) is 10.3 Å². The summed E-state index contributed by atoms with van der Waals surface area (Å²) in [6.45, 7) is 1.75. The molecule has 1 aliphatic carbocycles. The molecule has 104 valence electrons. The van der Waals surface area contributed by atoms with Crippen molar-refractivity contribution < 1.29 is 4.39 Å². The Bertz CT molecular complexity index is 693. The molecule has 0 bridgehead atoms. The summed E-state index contributed by atoms with van der Waals surface area (Å²) in [5.74, 6) is -0.201. The molecule has 20 heavy (non-hydrogen) atoms. The topological polar surface area (TPSA) is 44.9 Å². The highest BCUT2D eigenvalue weighted by atomic mass is 19.1. The second kappa shape index (κ2) is 5.12. The van der Waals surface area contributed by atoms with Crippen molar-refractivity contribution >= 4 is 5.69 Å². The summed E-state index contributed by atoms with van der Waals surface area (Å²) in [5.41, 5.74) is 3.46. The van der Waals surface area contributed by atoms with Crippen LogP contribution < -0.4 is 10.9 Å². The molecule has 0 saturated carbocycles. The van der Waals surface area contributed by atoms with Gasteiger partial charge < -0.3 is 10.3 Å². The Labute approximate surface area is 116 Å². The lowest BCUT2D eigenvalue weighted by Crippen LogP contribution is -2.21. The minimum atomic E-state index is -0.201. The fourth-order valence-corrected chi connectivity index (χ4v) is 2.73. The van der Waals surface area contributed by atoms with Gasteiger partial charge in [-0.1, -0.05) is 6.07 Å². The molecule has 1 aliphatic rings. The van der Waals surface area contributed by atoms with Crippen LogP contribution in [-0.4, -0.2) is 4.98 Å². The number of fused-ring (bicyclic) bond motifs is 1. The predicted molar refractivity (Wildman–Crippen MR) is 77.5 cm³/mol. The number of rotatable bonds is 2. The molecule has 0 amide bonds. The maximum atomic E-state index is 13.6. The van der Waals surface area contributed by atoms with Crippen LogP contribution in [0.15, 0.2) is 35.1 Å². The van der Waals surface area contributed by atoms with E-state index in [0.717, 1.165) is 36.2 Å². The number of nitrogens with one attached hydrogen (secondary N) is 2. The van der Waals surface area contributed by atoms with Crippen LogP contribution in [0.5, 0.6) is 0 Å². The van der Waals surface area contributed by atoms with Gasteiger partial charge in [-0.15, -0.1) is 0 Å². The second-order valence-electron chi connectivity index (χ2n) is 5.31. The number of H-pyrrole nitrogens is 1. The molecular weight excluding hydrogens is 255 g/mol. The van der Waals surface area contributed by atoms with Crippen molar-refractivity contribution in [2.45, 2.75) is 32.2 Å². The van der Waals surface area contributed by atoms with Crippen molar-refractivity contribution in [1.82, 2.24) is 4.98 Å². The zero-order valence-electron chi connectivity index (χ0n) is 11.4. The van der Waals surface area contributed by atoms with Gasteiger partial charge in [-0.3, -0.25) is 4.79 Å². The molecule has 1 heterocycles. The average molecular weight is 272 g/mol. The van der Waals surface area contributed by atoms with Crippen molar-refractivity contribution in [3.05, 3.63) is 63.3 Å². The number of hydrogen-bond donors (Lipinski definition) is 2. The molecule has 0 spiro atoms. The molecule has 1 unspecified atom stereocenters. The Balaban J connectivity index is 1.89. The molecule has 2 N–H and O–H groups in total. The SMILES string of the molecule is Cc1ccc(NC2CCCc3[nH]c(=O)ccc32)cc1F. The van der Waals surface area contributed by atoms with Crippen LogP contribution in [0.3, 0.4) is 0 Å². The summed E-state index contributed by atoms with van der Waals surface area (Å²) in [6, 6.07) is 8.73. The van der Waals surface area contributed by atoms with E-state index in [4.69, 9.17) is 0 Å². The second-order valence-corrected chi connectivity index (χ2v) is 5.31. The van der Waals surface area contributed by atoms with Gasteiger partial charge in [0, 0.05) is 17.4 Å². The normalized spacial score (nSPS) is 17.6. The van der Waals surface area contributed by atoms with Gasteiger partial charge in [-0.2, -0.15) is 0 Å². The Morgan fingerprint density at radius 3 is 2.95 bits per heavy atom. The molecule has 0 saturated heterocycles. The van der Waals surface area contributed by atoms with Gasteiger partial charge in [-0.25, -0.2) is 4.39 Å². The van der Waals surface area contributed by atoms with Crippen LogP contribution in [0.2, 0.25) is 0 Å². The highest BCUT2D eigenvalue weighted by Gasteiger charge is 2.20. The van der Waals surface area contributed by atoms with Gasteiger partial charge in [0.25, 0.3) is 0 Å². The first kappa shape index (κ1) is 12.9. The fraction of sp³-hybridized carbons (Fsp3) is 0.312. The number of aromatic nitrogens is 1. The summed E-state index contributed by atoms with van der Waals surface area (Å²) in [7, 11) is 0. The molecule has 4 heteroatoms. The third kappa shape index (κ3) is 2.46. The van der Waals surface area contributed by atoms with Crippen molar-refractivity contribution in [2.24, 2.45) is 0 Å². The number of anilines is 1. The van der Waals surface area contributed by atoms with E-state index in [0.29, 0.717) is 5.56 Å². The molecule has 1 aromatic heterocycles. The van der Waals surface area contributed by atoms with E-state index in [1.54, 1.807) is 19.1 Å².